The van der Waals surface area contributed by atoms with Crippen LogP contribution in [0.3, 0.4) is 0 Å². The number of hydrogen-bond acceptors (Lipinski definition) is 5. The lowest BCUT2D eigenvalue weighted by Crippen LogP contribution is -2.21. The zero-order valence-corrected chi connectivity index (χ0v) is 18.5. The van der Waals surface area contributed by atoms with Gasteiger partial charge in [0.15, 0.2) is 0 Å². The molecule has 0 heterocycles. The molecule has 0 aliphatic rings. The summed E-state index contributed by atoms with van der Waals surface area (Å²) < 4.78 is 16.9. The molecule has 0 aromatic rings. The zero-order valence-electron chi connectivity index (χ0n) is 16.8. The van der Waals surface area contributed by atoms with Crippen LogP contribution in [0.25, 0.3) is 0 Å². The third kappa shape index (κ3) is 18.9. The van der Waals surface area contributed by atoms with Gasteiger partial charge in [-0.25, -0.2) is 0 Å². The minimum absolute atomic E-state index is 0.0637. The molecule has 0 fully saturated rings. The minimum Gasteiger partial charge on any atom is -0.381 e. The second-order valence-electron chi connectivity index (χ2n) is 7.80. The highest BCUT2D eigenvalue weighted by Crippen LogP contribution is 2.24. The van der Waals surface area contributed by atoms with E-state index in [-0.39, 0.29) is 5.60 Å². The van der Waals surface area contributed by atoms with Gasteiger partial charge < -0.3 is 14.2 Å². The van der Waals surface area contributed by atoms with Crippen molar-refractivity contribution in [3.63, 3.8) is 0 Å². The van der Waals surface area contributed by atoms with Crippen LogP contribution in [0.1, 0.15) is 67.2 Å². The summed E-state index contributed by atoms with van der Waals surface area (Å²) in [5.41, 5.74) is 0.358. The van der Waals surface area contributed by atoms with E-state index < -0.39 is 0 Å². The Balaban J connectivity index is 3.13. The molecule has 24 heavy (non-hydrogen) atoms. The van der Waals surface area contributed by atoms with Gasteiger partial charge in [-0.1, -0.05) is 48.8 Å². The Morgan fingerprint density at radius 1 is 0.708 bits per heavy atom. The Bertz CT molecular complexity index is 278. The Labute approximate surface area is 158 Å². The number of hydrogen-bond donors (Lipinski definition) is 0. The van der Waals surface area contributed by atoms with Crippen LogP contribution in [0.2, 0.25) is 0 Å². The normalized spacial score (nSPS) is 12.8. The second kappa shape index (κ2) is 14.7. The molecule has 0 radical (unpaired) electrons. The van der Waals surface area contributed by atoms with E-state index in [1.165, 1.54) is 12.2 Å². The fraction of sp³-hybridized carbons (Fsp3) is 1.00. The molecule has 0 bridgehead atoms. The standard InChI is InChI=1S/C19H40O3S2/c1-7-19(5,6)10-13-20-11-8-16-23-24-17-9-12-21-14-15-22-18(2,3)4/h7-17H2,1-6H3. The summed E-state index contributed by atoms with van der Waals surface area (Å²) in [6, 6.07) is 0. The summed E-state index contributed by atoms with van der Waals surface area (Å²) in [6.07, 6.45) is 4.63. The molecular formula is C19H40O3S2. The molecule has 0 aliphatic heterocycles. The van der Waals surface area contributed by atoms with Gasteiger partial charge in [-0.2, -0.15) is 0 Å². The fourth-order valence-electron chi connectivity index (χ4n) is 1.69. The summed E-state index contributed by atoms with van der Waals surface area (Å²) in [5.74, 6) is 2.32. The molecular weight excluding hydrogens is 340 g/mol. The highest BCUT2D eigenvalue weighted by Gasteiger charge is 2.14. The van der Waals surface area contributed by atoms with Crippen molar-refractivity contribution in [2.24, 2.45) is 5.41 Å². The predicted octanol–water partition coefficient (Wildman–Crippen LogP) is 5.82. The van der Waals surface area contributed by atoms with Crippen LogP contribution in [0.4, 0.5) is 0 Å². The topological polar surface area (TPSA) is 27.7 Å². The van der Waals surface area contributed by atoms with Gasteiger partial charge in [-0.05, 0) is 45.4 Å². The smallest absolute Gasteiger partial charge is 0.0707 e. The van der Waals surface area contributed by atoms with E-state index in [4.69, 9.17) is 14.2 Å². The molecule has 3 nitrogen and oxygen atoms in total. The fourth-order valence-corrected chi connectivity index (χ4v) is 3.82. The largest absolute Gasteiger partial charge is 0.381 e. The maximum atomic E-state index is 5.72. The summed E-state index contributed by atoms with van der Waals surface area (Å²) >= 11 is 0. The molecule has 0 aromatic heterocycles. The molecule has 0 atom stereocenters. The zero-order chi connectivity index (χ0) is 18.3. The molecule has 0 aliphatic carbocycles. The average molecular weight is 381 g/mol. The highest BCUT2D eigenvalue weighted by atomic mass is 33.1. The van der Waals surface area contributed by atoms with Crippen LogP contribution in [0, 0.1) is 5.41 Å². The van der Waals surface area contributed by atoms with Crippen LogP contribution in [-0.2, 0) is 14.2 Å². The van der Waals surface area contributed by atoms with Crippen molar-refractivity contribution < 1.29 is 14.2 Å². The van der Waals surface area contributed by atoms with Crippen molar-refractivity contribution >= 4 is 21.6 Å². The highest BCUT2D eigenvalue weighted by molar-refractivity contribution is 8.76. The van der Waals surface area contributed by atoms with Gasteiger partial charge >= 0.3 is 0 Å². The van der Waals surface area contributed by atoms with E-state index >= 15 is 0 Å². The Kier molecular flexibility index (Phi) is 15.1. The number of rotatable bonds is 16. The Morgan fingerprint density at radius 2 is 1.25 bits per heavy atom. The van der Waals surface area contributed by atoms with Gasteiger partial charge in [0.2, 0.25) is 0 Å². The van der Waals surface area contributed by atoms with Crippen LogP contribution in [0.5, 0.6) is 0 Å². The van der Waals surface area contributed by atoms with Crippen molar-refractivity contribution in [2.75, 3.05) is 44.5 Å². The average Bonchev–Trinajstić information content (AvgIpc) is 2.50. The van der Waals surface area contributed by atoms with Crippen molar-refractivity contribution in [2.45, 2.75) is 72.8 Å². The van der Waals surface area contributed by atoms with Crippen molar-refractivity contribution in [1.29, 1.82) is 0 Å². The second-order valence-corrected chi connectivity index (χ2v) is 10.5. The van der Waals surface area contributed by atoms with E-state index in [9.17, 15) is 0 Å². The van der Waals surface area contributed by atoms with Crippen LogP contribution in [0.15, 0.2) is 0 Å². The Hall–Kier alpha value is 0.580. The lowest BCUT2D eigenvalue weighted by Gasteiger charge is -2.22. The Morgan fingerprint density at radius 3 is 1.75 bits per heavy atom. The molecule has 0 saturated heterocycles. The number of ether oxygens (including phenoxy) is 3. The maximum absolute atomic E-state index is 5.72. The van der Waals surface area contributed by atoms with E-state index in [1.54, 1.807) is 0 Å². The third-order valence-corrected chi connectivity index (χ3v) is 6.34. The first-order valence-electron chi connectivity index (χ1n) is 9.31. The first kappa shape index (κ1) is 24.6. The maximum Gasteiger partial charge on any atom is 0.0707 e. The van der Waals surface area contributed by atoms with E-state index in [2.05, 4.69) is 41.5 Å². The summed E-state index contributed by atoms with van der Waals surface area (Å²) in [5, 5.41) is 0. The van der Waals surface area contributed by atoms with Crippen LogP contribution >= 0.6 is 21.6 Å². The lowest BCUT2D eigenvalue weighted by atomic mass is 9.87. The molecule has 0 N–H and O–H groups in total. The monoisotopic (exact) mass is 380 g/mol. The van der Waals surface area contributed by atoms with E-state index in [0.717, 1.165) is 44.8 Å². The summed E-state index contributed by atoms with van der Waals surface area (Å²) in [6.45, 7) is 17.1. The van der Waals surface area contributed by atoms with Crippen molar-refractivity contribution in [1.82, 2.24) is 0 Å². The molecule has 0 saturated carbocycles. The van der Waals surface area contributed by atoms with Gasteiger partial charge in [0.1, 0.15) is 0 Å². The van der Waals surface area contributed by atoms with Gasteiger partial charge in [0.25, 0.3) is 0 Å². The molecule has 0 unspecified atom stereocenters. The van der Waals surface area contributed by atoms with Crippen molar-refractivity contribution in [3.8, 4) is 0 Å². The molecule has 146 valence electrons. The SMILES string of the molecule is CCC(C)(C)CCOCCCSSCCCOCCOC(C)(C)C. The quantitative estimate of drug-likeness (QED) is 0.248. The van der Waals surface area contributed by atoms with Crippen LogP contribution in [-0.4, -0.2) is 50.1 Å². The molecule has 5 heteroatoms. The molecule has 0 amide bonds. The van der Waals surface area contributed by atoms with Gasteiger partial charge in [-0.3, -0.25) is 0 Å². The first-order chi connectivity index (χ1) is 11.3. The summed E-state index contributed by atoms with van der Waals surface area (Å²) in [7, 11) is 3.89. The van der Waals surface area contributed by atoms with E-state index in [1.807, 2.05) is 21.6 Å². The van der Waals surface area contributed by atoms with E-state index in [0.29, 0.717) is 18.6 Å². The molecule has 0 rings (SSSR count). The third-order valence-electron chi connectivity index (χ3n) is 3.76. The van der Waals surface area contributed by atoms with Crippen LogP contribution < -0.4 is 0 Å². The minimum atomic E-state index is -0.0637. The van der Waals surface area contributed by atoms with Gasteiger partial charge in [0.05, 0.1) is 18.8 Å². The molecule has 0 aromatic carbocycles. The lowest BCUT2D eigenvalue weighted by molar-refractivity contribution is -0.0346. The van der Waals surface area contributed by atoms with Gasteiger partial charge in [-0.15, -0.1) is 0 Å². The molecule has 0 spiro atoms. The predicted molar refractivity (Wildman–Crippen MR) is 110 cm³/mol. The van der Waals surface area contributed by atoms with Gasteiger partial charge in [0, 0.05) is 31.3 Å². The first-order valence-corrected chi connectivity index (χ1v) is 11.8. The summed E-state index contributed by atoms with van der Waals surface area (Å²) in [4.78, 5) is 0. The van der Waals surface area contributed by atoms with Crippen molar-refractivity contribution in [3.05, 3.63) is 0 Å².